The van der Waals surface area contributed by atoms with Gasteiger partial charge in [-0.15, -0.1) is 4.72 Å². The van der Waals surface area contributed by atoms with Gasteiger partial charge in [0.05, 0.1) is 11.7 Å². The fourth-order valence-corrected chi connectivity index (χ4v) is 2.69. The van der Waals surface area contributed by atoms with E-state index in [0.29, 0.717) is 0 Å². The van der Waals surface area contributed by atoms with Crippen molar-refractivity contribution in [2.24, 2.45) is 0 Å². The normalized spacial score (nSPS) is 15.4. The predicted molar refractivity (Wildman–Crippen MR) is 80.6 cm³/mol. The maximum absolute atomic E-state index is 12.2. The lowest BCUT2D eigenvalue weighted by molar-refractivity contribution is 0.504. The molecule has 0 bridgehead atoms. The summed E-state index contributed by atoms with van der Waals surface area (Å²) in [5, 5.41) is 0. The molecule has 0 aliphatic heterocycles. The Morgan fingerprint density at radius 3 is 2.61 bits per heavy atom. The average molecular weight is 333 g/mol. The van der Waals surface area contributed by atoms with Crippen LogP contribution in [0.1, 0.15) is 52.3 Å². The molecule has 102 valence electrons. The van der Waals surface area contributed by atoms with Gasteiger partial charge in [-0.3, -0.25) is 0 Å². The van der Waals surface area contributed by atoms with Gasteiger partial charge in [-0.05, 0) is 55.3 Å². The molecule has 0 saturated carbocycles. The van der Waals surface area contributed by atoms with Crippen LogP contribution in [0, 0.1) is 0 Å². The Hall–Kier alpha value is -0.100. The van der Waals surface area contributed by atoms with Crippen molar-refractivity contribution in [2.75, 3.05) is 0 Å². The van der Waals surface area contributed by atoms with Crippen molar-refractivity contribution in [1.82, 2.24) is 9.71 Å². The van der Waals surface area contributed by atoms with Crippen molar-refractivity contribution in [3.05, 3.63) is 28.5 Å². The van der Waals surface area contributed by atoms with E-state index in [4.69, 9.17) is 0 Å². The zero-order valence-electron chi connectivity index (χ0n) is 11.4. The summed E-state index contributed by atoms with van der Waals surface area (Å²) in [6, 6.07) is 5.86. The Morgan fingerprint density at radius 1 is 1.44 bits per heavy atom. The quantitative estimate of drug-likeness (QED) is 0.660. The number of nitrogens with one attached hydrogen (secondary N) is 1. The highest BCUT2D eigenvalue weighted by Gasteiger charge is 2.29. The molecule has 1 N–H and O–H groups in total. The van der Waals surface area contributed by atoms with Gasteiger partial charge in [-0.1, -0.05) is 19.4 Å². The summed E-state index contributed by atoms with van der Waals surface area (Å²) >= 11 is 2.29. The van der Waals surface area contributed by atoms with Crippen molar-refractivity contribution in [3.8, 4) is 0 Å². The molecule has 0 amide bonds. The van der Waals surface area contributed by atoms with Crippen LogP contribution in [0.25, 0.3) is 0 Å². The fraction of sp³-hybridized carbons (Fsp3) is 0.615. The molecule has 5 heteroatoms. The van der Waals surface area contributed by atoms with Gasteiger partial charge in [-0.25, -0.2) is 4.98 Å². The van der Waals surface area contributed by atoms with Crippen molar-refractivity contribution in [2.45, 2.75) is 51.3 Å². The van der Waals surface area contributed by atoms with Crippen LogP contribution in [0.3, 0.4) is 0 Å². The van der Waals surface area contributed by atoms with Crippen molar-refractivity contribution in [1.29, 1.82) is 0 Å². The van der Waals surface area contributed by atoms with Gasteiger partial charge in [0.2, 0.25) is 0 Å². The van der Waals surface area contributed by atoms with Gasteiger partial charge in [0.1, 0.15) is 9.35 Å². The van der Waals surface area contributed by atoms with Crippen LogP contribution >= 0.6 is 15.9 Å². The number of pyridine rings is 1. The second kappa shape index (κ2) is 6.89. The third-order valence-electron chi connectivity index (χ3n) is 2.48. The molecule has 3 nitrogen and oxygen atoms in total. The molecule has 1 rings (SSSR count). The zero-order chi connectivity index (χ0) is 13.8. The van der Waals surface area contributed by atoms with Crippen LogP contribution in [-0.2, 0) is 11.4 Å². The lowest BCUT2D eigenvalue weighted by Gasteiger charge is -2.27. The summed E-state index contributed by atoms with van der Waals surface area (Å²) in [5.74, 6) is 0. The molecule has 0 aromatic carbocycles. The highest BCUT2D eigenvalue weighted by molar-refractivity contribution is 9.10. The standard InChI is InChI=1S/C13H21BrN2OS/c1-5-7-11(16-18(17)13(2,3)4)10-8-6-9-12(14)15-10/h6,8-9,11,16H,5,7H2,1-4H3/t11-,18?/m1/s1. The molecule has 0 aliphatic rings. The zero-order valence-corrected chi connectivity index (χ0v) is 13.8. The number of hydrogen-bond donors (Lipinski definition) is 1. The second-order valence-electron chi connectivity index (χ2n) is 5.23. The molecule has 0 fully saturated rings. The molecule has 0 radical (unpaired) electrons. The van der Waals surface area contributed by atoms with E-state index in [1.165, 1.54) is 0 Å². The number of halogens is 1. The Kier molecular flexibility index (Phi) is 6.11. The smallest absolute Gasteiger partial charge is 0.136 e. The summed E-state index contributed by atoms with van der Waals surface area (Å²) in [5.41, 5.74) is 0.934. The van der Waals surface area contributed by atoms with Gasteiger partial charge in [0.25, 0.3) is 0 Å². The Morgan fingerprint density at radius 2 is 2.11 bits per heavy atom. The van der Waals surface area contributed by atoms with E-state index < -0.39 is 11.4 Å². The van der Waals surface area contributed by atoms with E-state index in [9.17, 15) is 4.55 Å². The van der Waals surface area contributed by atoms with Crippen molar-refractivity contribution >= 4 is 27.3 Å². The van der Waals surface area contributed by atoms with Crippen LogP contribution in [0.4, 0.5) is 0 Å². The van der Waals surface area contributed by atoms with E-state index >= 15 is 0 Å². The lowest BCUT2D eigenvalue weighted by atomic mass is 10.1. The van der Waals surface area contributed by atoms with Gasteiger partial charge in [0, 0.05) is 11.4 Å². The highest BCUT2D eigenvalue weighted by atomic mass is 79.9. The van der Waals surface area contributed by atoms with E-state index in [0.717, 1.165) is 23.1 Å². The molecule has 0 spiro atoms. The average Bonchev–Trinajstić information content (AvgIpc) is 2.27. The van der Waals surface area contributed by atoms with E-state index in [1.807, 2.05) is 39.0 Å². The predicted octanol–water partition coefficient (Wildman–Crippen LogP) is 3.74. The highest BCUT2D eigenvalue weighted by Crippen LogP contribution is 2.23. The Bertz CT molecular complexity index is 381. The van der Waals surface area contributed by atoms with Gasteiger partial charge in [0.15, 0.2) is 0 Å². The van der Waals surface area contributed by atoms with Crippen molar-refractivity contribution < 1.29 is 4.55 Å². The molecule has 1 unspecified atom stereocenters. The number of nitrogens with zero attached hydrogens (tertiary/aromatic N) is 1. The molecular formula is C13H21BrN2OS. The first-order chi connectivity index (χ1) is 8.34. The van der Waals surface area contributed by atoms with Crippen LogP contribution in [0.15, 0.2) is 22.8 Å². The van der Waals surface area contributed by atoms with Crippen LogP contribution in [-0.4, -0.2) is 14.3 Å². The van der Waals surface area contributed by atoms with Gasteiger partial charge < -0.3 is 4.55 Å². The molecule has 1 heterocycles. The molecule has 0 saturated heterocycles. The molecule has 1 aromatic heterocycles. The summed E-state index contributed by atoms with van der Waals surface area (Å²) < 4.78 is 15.9. The largest absolute Gasteiger partial charge is 0.598 e. The van der Waals surface area contributed by atoms with Crippen LogP contribution in [0.5, 0.6) is 0 Å². The minimum atomic E-state index is -1.08. The summed E-state index contributed by atoms with van der Waals surface area (Å²) in [6.07, 6.45) is 1.94. The topological polar surface area (TPSA) is 48.0 Å². The van der Waals surface area contributed by atoms with Crippen LogP contribution in [0.2, 0.25) is 0 Å². The fourth-order valence-electron chi connectivity index (χ4n) is 1.48. The SMILES string of the molecule is CCC[C@@H](N[S+]([O-])C(C)(C)C)c1cccc(Br)n1. The summed E-state index contributed by atoms with van der Waals surface area (Å²) in [7, 11) is 0. The third-order valence-corrected chi connectivity index (χ3v) is 4.53. The first-order valence-electron chi connectivity index (χ1n) is 6.15. The minimum absolute atomic E-state index is 0.0348. The maximum Gasteiger partial charge on any atom is 0.136 e. The maximum atomic E-state index is 12.2. The molecule has 1 aromatic rings. The monoisotopic (exact) mass is 332 g/mol. The van der Waals surface area contributed by atoms with Gasteiger partial charge >= 0.3 is 0 Å². The molecule has 18 heavy (non-hydrogen) atoms. The minimum Gasteiger partial charge on any atom is -0.598 e. The van der Waals surface area contributed by atoms with E-state index in [-0.39, 0.29) is 10.8 Å². The van der Waals surface area contributed by atoms with Crippen molar-refractivity contribution in [3.63, 3.8) is 0 Å². The first-order valence-corrected chi connectivity index (χ1v) is 8.09. The Labute approximate surface area is 121 Å². The number of aromatic nitrogens is 1. The Balaban J connectivity index is 2.83. The molecule has 0 aliphatic carbocycles. The molecular weight excluding hydrogens is 312 g/mol. The number of hydrogen-bond acceptors (Lipinski definition) is 3. The third kappa shape index (κ3) is 4.88. The summed E-state index contributed by atoms with van der Waals surface area (Å²) in [4.78, 5) is 4.45. The van der Waals surface area contributed by atoms with E-state index in [1.54, 1.807) is 0 Å². The summed E-state index contributed by atoms with van der Waals surface area (Å²) in [6.45, 7) is 8.01. The van der Waals surface area contributed by atoms with Crippen LogP contribution < -0.4 is 4.72 Å². The lowest BCUT2D eigenvalue weighted by Crippen LogP contribution is -2.41. The van der Waals surface area contributed by atoms with Gasteiger partial charge in [-0.2, -0.15) is 0 Å². The molecule has 2 atom stereocenters. The number of rotatable bonds is 5. The van der Waals surface area contributed by atoms with E-state index in [2.05, 4.69) is 32.6 Å². The first kappa shape index (κ1) is 16.0. The second-order valence-corrected chi connectivity index (χ2v) is 8.04.